The van der Waals surface area contributed by atoms with E-state index in [9.17, 15) is 0 Å². The third kappa shape index (κ3) is 2.23. The largest absolute Gasteiger partial charge is 0.354 e. The monoisotopic (exact) mass is 207 g/mol. The number of piperazine rings is 1. The Hall–Kier alpha value is -0.830. The van der Waals surface area contributed by atoms with Crippen molar-refractivity contribution in [3.8, 4) is 0 Å². The van der Waals surface area contributed by atoms with Crippen molar-refractivity contribution in [1.82, 2.24) is 10.2 Å². The van der Waals surface area contributed by atoms with Crippen molar-refractivity contribution in [3.05, 3.63) is 11.1 Å². The van der Waals surface area contributed by atoms with E-state index >= 15 is 0 Å². The average Bonchev–Trinajstić information content (AvgIpc) is 2.68. The SMILES string of the molecule is CN=C(C1=C(C)CCC1)N1CCNCC1. The van der Waals surface area contributed by atoms with Gasteiger partial charge in [-0.1, -0.05) is 5.57 Å². The molecule has 1 aliphatic carbocycles. The van der Waals surface area contributed by atoms with Gasteiger partial charge in [0.15, 0.2) is 0 Å². The third-order valence-corrected chi connectivity index (χ3v) is 3.39. The van der Waals surface area contributed by atoms with E-state index in [0.717, 1.165) is 26.2 Å². The summed E-state index contributed by atoms with van der Waals surface area (Å²) in [6.07, 6.45) is 3.80. The van der Waals surface area contributed by atoms with Gasteiger partial charge < -0.3 is 10.2 Å². The summed E-state index contributed by atoms with van der Waals surface area (Å²) in [5, 5.41) is 3.38. The van der Waals surface area contributed by atoms with Crippen molar-refractivity contribution >= 4 is 5.84 Å². The van der Waals surface area contributed by atoms with Crippen LogP contribution in [0.5, 0.6) is 0 Å². The first kappa shape index (κ1) is 10.7. The van der Waals surface area contributed by atoms with Crippen LogP contribution in [0.4, 0.5) is 0 Å². The standard InChI is InChI=1S/C12H21N3/c1-10-4-3-5-11(10)12(13-2)15-8-6-14-7-9-15/h14H,3-9H2,1-2H3. The molecule has 0 radical (unpaired) electrons. The van der Waals surface area contributed by atoms with Gasteiger partial charge in [0.2, 0.25) is 0 Å². The molecule has 2 rings (SSSR count). The van der Waals surface area contributed by atoms with Crippen LogP contribution in [0.3, 0.4) is 0 Å². The van der Waals surface area contributed by atoms with Gasteiger partial charge in [-0.05, 0) is 31.8 Å². The van der Waals surface area contributed by atoms with Crippen LogP contribution in [0.1, 0.15) is 26.2 Å². The summed E-state index contributed by atoms with van der Waals surface area (Å²) in [6.45, 7) is 6.64. The highest BCUT2D eigenvalue weighted by atomic mass is 15.2. The minimum absolute atomic E-state index is 1.09. The van der Waals surface area contributed by atoms with E-state index in [2.05, 4.69) is 22.1 Å². The van der Waals surface area contributed by atoms with Crippen LogP contribution >= 0.6 is 0 Å². The Kier molecular flexibility index (Phi) is 3.41. The van der Waals surface area contributed by atoms with Crippen molar-refractivity contribution in [3.63, 3.8) is 0 Å². The average molecular weight is 207 g/mol. The van der Waals surface area contributed by atoms with Crippen LogP contribution in [0.15, 0.2) is 16.1 Å². The summed E-state index contributed by atoms with van der Waals surface area (Å²) in [7, 11) is 1.93. The van der Waals surface area contributed by atoms with E-state index in [1.807, 2.05) is 7.05 Å². The minimum Gasteiger partial charge on any atom is -0.354 e. The number of aliphatic imine (C=N–C) groups is 1. The number of allylic oxidation sites excluding steroid dienone is 1. The zero-order valence-electron chi connectivity index (χ0n) is 9.84. The number of amidine groups is 1. The summed E-state index contributed by atoms with van der Waals surface area (Å²) in [5.74, 6) is 1.26. The predicted octanol–water partition coefficient (Wildman–Crippen LogP) is 1.42. The van der Waals surface area contributed by atoms with E-state index in [4.69, 9.17) is 0 Å². The number of rotatable bonds is 1. The fourth-order valence-electron chi connectivity index (χ4n) is 2.54. The molecular weight excluding hydrogens is 186 g/mol. The Morgan fingerprint density at radius 3 is 2.53 bits per heavy atom. The molecule has 0 spiro atoms. The molecule has 15 heavy (non-hydrogen) atoms. The molecule has 1 fully saturated rings. The number of nitrogens with one attached hydrogen (secondary N) is 1. The lowest BCUT2D eigenvalue weighted by Crippen LogP contribution is -2.47. The fourth-order valence-corrected chi connectivity index (χ4v) is 2.54. The van der Waals surface area contributed by atoms with Gasteiger partial charge in [-0.3, -0.25) is 4.99 Å². The van der Waals surface area contributed by atoms with Crippen LogP contribution in [0.2, 0.25) is 0 Å². The maximum Gasteiger partial charge on any atom is 0.126 e. The second-order valence-corrected chi connectivity index (χ2v) is 4.40. The predicted molar refractivity (Wildman–Crippen MR) is 64.4 cm³/mol. The molecule has 2 aliphatic rings. The van der Waals surface area contributed by atoms with Crippen LogP contribution in [-0.4, -0.2) is 44.0 Å². The number of hydrogen-bond donors (Lipinski definition) is 1. The van der Waals surface area contributed by atoms with Gasteiger partial charge in [0.1, 0.15) is 5.84 Å². The lowest BCUT2D eigenvalue weighted by atomic mass is 10.1. The smallest absolute Gasteiger partial charge is 0.126 e. The topological polar surface area (TPSA) is 27.6 Å². The van der Waals surface area contributed by atoms with Crippen molar-refractivity contribution < 1.29 is 0 Å². The Morgan fingerprint density at radius 2 is 2.00 bits per heavy atom. The zero-order valence-corrected chi connectivity index (χ0v) is 9.84. The van der Waals surface area contributed by atoms with Gasteiger partial charge >= 0.3 is 0 Å². The maximum absolute atomic E-state index is 4.50. The Morgan fingerprint density at radius 1 is 1.27 bits per heavy atom. The zero-order chi connectivity index (χ0) is 10.7. The molecule has 0 atom stereocenters. The highest BCUT2D eigenvalue weighted by Gasteiger charge is 2.21. The second kappa shape index (κ2) is 4.79. The molecule has 0 bridgehead atoms. The lowest BCUT2D eigenvalue weighted by molar-refractivity contribution is 0.356. The second-order valence-electron chi connectivity index (χ2n) is 4.40. The molecule has 3 heteroatoms. The first-order valence-electron chi connectivity index (χ1n) is 5.94. The lowest BCUT2D eigenvalue weighted by Gasteiger charge is -2.31. The molecule has 0 amide bonds. The molecule has 3 nitrogen and oxygen atoms in total. The molecule has 0 aromatic rings. The molecular formula is C12H21N3. The van der Waals surface area contributed by atoms with Gasteiger partial charge in [0, 0.05) is 33.2 Å². The molecule has 0 saturated carbocycles. The summed E-state index contributed by atoms with van der Waals surface area (Å²) in [4.78, 5) is 6.93. The molecule has 1 saturated heterocycles. The van der Waals surface area contributed by atoms with Crippen molar-refractivity contribution in [2.75, 3.05) is 33.2 Å². The van der Waals surface area contributed by atoms with E-state index in [1.165, 1.54) is 30.7 Å². The van der Waals surface area contributed by atoms with E-state index < -0.39 is 0 Å². The highest BCUT2D eigenvalue weighted by molar-refractivity contribution is 5.99. The molecule has 1 heterocycles. The molecule has 0 unspecified atom stereocenters. The van der Waals surface area contributed by atoms with Crippen LogP contribution in [0, 0.1) is 0 Å². The van der Waals surface area contributed by atoms with Gasteiger partial charge in [0.05, 0.1) is 0 Å². The normalized spacial score (nSPS) is 23.9. The van der Waals surface area contributed by atoms with Crippen LogP contribution in [-0.2, 0) is 0 Å². The van der Waals surface area contributed by atoms with Gasteiger partial charge in [-0.25, -0.2) is 0 Å². The minimum atomic E-state index is 1.09. The maximum atomic E-state index is 4.50. The molecule has 84 valence electrons. The first-order valence-corrected chi connectivity index (χ1v) is 5.94. The first-order chi connectivity index (χ1) is 7.33. The Bertz CT molecular complexity index is 285. The summed E-state index contributed by atoms with van der Waals surface area (Å²) < 4.78 is 0. The Balaban J connectivity index is 2.13. The Labute approximate surface area is 92.3 Å². The van der Waals surface area contributed by atoms with E-state index in [1.54, 1.807) is 5.57 Å². The third-order valence-electron chi connectivity index (χ3n) is 3.39. The van der Waals surface area contributed by atoms with Gasteiger partial charge in [-0.15, -0.1) is 0 Å². The van der Waals surface area contributed by atoms with E-state index in [-0.39, 0.29) is 0 Å². The number of hydrogen-bond acceptors (Lipinski definition) is 2. The van der Waals surface area contributed by atoms with Crippen molar-refractivity contribution in [1.29, 1.82) is 0 Å². The van der Waals surface area contributed by atoms with Crippen molar-refractivity contribution in [2.45, 2.75) is 26.2 Å². The van der Waals surface area contributed by atoms with Crippen LogP contribution < -0.4 is 5.32 Å². The van der Waals surface area contributed by atoms with Gasteiger partial charge in [-0.2, -0.15) is 0 Å². The van der Waals surface area contributed by atoms with Gasteiger partial charge in [0.25, 0.3) is 0 Å². The molecule has 0 aromatic carbocycles. The fraction of sp³-hybridized carbons (Fsp3) is 0.750. The molecule has 1 N–H and O–H groups in total. The van der Waals surface area contributed by atoms with E-state index in [0.29, 0.717) is 0 Å². The van der Waals surface area contributed by atoms with Crippen LogP contribution in [0.25, 0.3) is 0 Å². The molecule has 0 aromatic heterocycles. The summed E-state index contributed by atoms with van der Waals surface area (Å²) >= 11 is 0. The summed E-state index contributed by atoms with van der Waals surface area (Å²) in [5.41, 5.74) is 3.06. The highest BCUT2D eigenvalue weighted by Crippen LogP contribution is 2.27. The molecule has 1 aliphatic heterocycles. The quantitative estimate of drug-likeness (QED) is 0.520. The summed E-state index contributed by atoms with van der Waals surface area (Å²) in [6, 6.07) is 0. The number of nitrogens with zero attached hydrogens (tertiary/aromatic N) is 2. The van der Waals surface area contributed by atoms with Crippen molar-refractivity contribution in [2.24, 2.45) is 4.99 Å².